The van der Waals surface area contributed by atoms with Crippen molar-refractivity contribution in [1.82, 2.24) is 9.47 Å². The number of rotatable bonds is 6. The fraction of sp³-hybridized carbons (Fsp3) is 0.375. The number of aromatic nitrogens is 1. The molecule has 2 rings (SSSR count). The highest BCUT2D eigenvalue weighted by molar-refractivity contribution is 6.31. The molecule has 0 fully saturated rings. The van der Waals surface area contributed by atoms with Gasteiger partial charge in [0.05, 0.1) is 6.42 Å². The van der Waals surface area contributed by atoms with Crippen molar-refractivity contribution in [3.8, 4) is 0 Å². The summed E-state index contributed by atoms with van der Waals surface area (Å²) in [6.45, 7) is 4.14. The summed E-state index contributed by atoms with van der Waals surface area (Å²) in [5.74, 6) is -1.01. The number of fused-ring (bicyclic) bond motifs is 1. The quantitative estimate of drug-likeness (QED) is 0.889. The molecule has 0 saturated carbocycles. The molecule has 2 aromatic rings. The van der Waals surface area contributed by atoms with Crippen molar-refractivity contribution < 1.29 is 14.7 Å². The molecule has 0 unspecified atom stereocenters. The molecule has 0 radical (unpaired) electrons. The number of halogens is 1. The summed E-state index contributed by atoms with van der Waals surface area (Å²) in [7, 11) is 0. The van der Waals surface area contributed by atoms with Gasteiger partial charge in [-0.1, -0.05) is 17.7 Å². The van der Waals surface area contributed by atoms with E-state index in [2.05, 4.69) is 0 Å². The fourth-order valence-electron chi connectivity index (χ4n) is 2.42. The number of nitrogens with zero attached hydrogens (tertiary/aromatic N) is 2. The van der Waals surface area contributed by atoms with Crippen LogP contribution in [0.2, 0.25) is 5.02 Å². The lowest BCUT2D eigenvalue weighted by Gasteiger charge is -2.26. The maximum absolute atomic E-state index is 12.5. The zero-order valence-electron chi connectivity index (χ0n) is 12.6. The number of hydrogen-bond donors (Lipinski definition) is 1. The summed E-state index contributed by atoms with van der Waals surface area (Å²) in [6.07, 6.45) is 1.79. The number of aliphatic carboxylic acids is 1. The Balaban J connectivity index is 2.17. The molecule has 0 aliphatic carbocycles. The molecule has 1 N–H and O–H groups in total. The molecule has 1 aromatic carbocycles. The maximum Gasteiger partial charge on any atom is 0.305 e. The van der Waals surface area contributed by atoms with E-state index in [0.29, 0.717) is 5.02 Å². The Morgan fingerprint density at radius 3 is 2.68 bits per heavy atom. The Kier molecular flexibility index (Phi) is 5.08. The smallest absolute Gasteiger partial charge is 0.305 e. The minimum atomic E-state index is -0.906. The van der Waals surface area contributed by atoms with Crippen molar-refractivity contribution in [3.63, 3.8) is 0 Å². The molecule has 1 amide bonds. The summed E-state index contributed by atoms with van der Waals surface area (Å²) < 4.78 is 1.83. The van der Waals surface area contributed by atoms with Gasteiger partial charge in [-0.3, -0.25) is 9.59 Å². The van der Waals surface area contributed by atoms with Crippen LogP contribution in [0, 0.1) is 0 Å². The Morgan fingerprint density at radius 2 is 2.05 bits per heavy atom. The molecule has 0 saturated heterocycles. The number of hydrogen-bond acceptors (Lipinski definition) is 2. The van der Waals surface area contributed by atoms with Gasteiger partial charge in [-0.2, -0.15) is 0 Å². The van der Waals surface area contributed by atoms with Gasteiger partial charge in [0.15, 0.2) is 0 Å². The molecule has 0 aliphatic heterocycles. The Morgan fingerprint density at radius 1 is 1.32 bits per heavy atom. The molecule has 1 heterocycles. The summed E-state index contributed by atoms with van der Waals surface area (Å²) in [5.41, 5.74) is 0.891. The topological polar surface area (TPSA) is 62.5 Å². The summed E-state index contributed by atoms with van der Waals surface area (Å²) in [6, 6.07) is 7.42. The van der Waals surface area contributed by atoms with Crippen molar-refractivity contribution >= 4 is 34.4 Å². The minimum absolute atomic E-state index is 0.0442. The Bertz CT molecular complexity index is 694. The predicted octanol–water partition coefficient (Wildman–Crippen LogP) is 3.01. The van der Waals surface area contributed by atoms with E-state index < -0.39 is 5.97 Å². The average molecular weight is 323 g/mol. The highest BCUT2D eigenvalue weighted by Gasteiger charge is 2.18. The number of carboxylic acids is 1. The van der Waals surface area contributed by atoms with E-state index in [1.54, 1.807) is 4.90 Å². The van der Waals surface area contributed by atoms with Gasteiger partial charge in [-0.15, -0.1) is 0 Å². The third-order valence-electron chi connectivity index (χ3n) is 3.55. The van der Waals surface area contributed by atoms with E-state index in [9.17, 15) is 9.59 Å². The van der Waals surface area contributed by atoms with Crippen LogP contribution >= 0.6 is 11.6 Å². The van der Waals surface area contributed by atoms with Crippen LogP contribution in [0.3, 0.4) is 0 Å². The van der Waals surface area contributed by atoms with Gasteiger partial charge in [0, 0.05) is 29.3 Å². The molecule has 22 heavy (non-hydrogen) atoms. The number of carboxylic acid groups (broad SMARTS) is 1. The summed E-state index contributed by atoms with van der Waals surface area (Å²) in [5, 5.41) is 10.4. The van der Waals surface area contributed by atoms with Gasteiger partial charge in [0.1, 0.15) is 6.54 Å². The first-order valence-corrected chi connectivity index (χ1v) is 7.52. The SMILES string of the molecule is CC(C)N(CCC(=O)O)C(=O)Cn1ccc2ccc(Cl)cc21. The monoisotopic (exact) mass is 322 g/mol. The van der Waals surface area contributed by atoms with Crippen molar-refractivity contribution in [3.05, 3.63) is 35.5 Å². The van der Waals surface area contributed by atoms with Crippen molar-refractivity contribution in [2.24, 2.45) is 0 Å². The van der Waals surface area contributed by atoms with E-state index in [1.165, 1.54) is 0 Å². The van der Waals surface area contributed by atoms with Crippen molar-refractivity contribution in [2.45, 2.75) is 32.9 Å². The van der Waals surface area contributed by atoms with Gasteiger partial charge in [-0.25, -0.2) is 0 Å². The fourth-order valence-corrected chi connectivity index (χ4v) is 2.58. The van der Waals surface area contributed by atoms with Crippen LogP contribution in [-0.4, -0.2) is 39.0 Å². The molecule has 0 spiro atoms. The number of amides is 1. The molecule has 0 aliphatic rings. The molecule has 5 nitrogen and oxygen atoms in total. The van der Waals surface area contributed by atoms with Gasteiger partial charge < -0.3 is 14.6 Å². The van der Waals surface area contributed by atoms with E-state index in [0.717, 1.165) is 10.9 Å². The molecular weight excluding hydrogens is 304 g/mol. The number of carbonyl (C=O) groups excluding carboxylic acids is 1. The zero-order chi connectivity index (χ0) is 16.3. The van der Waals surface area contributed by atoms with Gasteiger partial charge in [-0.05, 0) is 37.4 Å². The second-order valence-corrected chi connectivity index (χ2v) is 5.91. The largest absolute Gasteiger partial charge is 0.481 e. The van der Waals surface area contributed by atoms with Gasteiger partial charge >= 0.3 is 5.97 Å². The number of carbonyl (C=O) groups is 2. The van der Waals surface area contributed by atoms with Crippen molar-refractivity contribution in [2.75, 3.05) is 6.54 Å². The third kappa shape index (κ3) is 3.80. The molecule has 1 aromatic heterocycles. The van der Waals surface area contributed by atoms with Gasteiger partial charge in [0.2, 0.25) is 5.91 Å². The number of benzene rings is 1. The van der Waals surface area contributed by atoms with E-state index >= 15 is 0 Å². The zero-order valence-corrected chi connectivity index (χ0v) is 13.4. The van der Waals surface area contributed by atoms with Crippen molar-refractivity contribution in [1.29, 1.82) is 0 Å². The van der Waals surface area contributed by atoms with Crippen LogP contribution in [0.25, 0.3) is 10.9 Å². The van der Waals surface area contributed by atoms with Crippen LogP contribution < -0.4 is 0 Å². The minimum Gasteiger partial charge on any atom is -0.481 e. The maximum atomic E-state index is 12.5. The first-order valence-electron chi connectivity index (χ1n) is 7.14. The molecule has 0 atom stereocenters. The Hall–Kier alpha value is -2.01. The summed E-state index contributed by atoms with van der Waals surface area (Å²) in [4.78, 5) is 24.8. The first kappa shape index (κ1) is 16.4. The lowest BCUT2D eigenvalue weighted by atomic mass is 10.2. The van der Waals surface area contributed by atoms with Crippen LogP contribution in [0.1, 0.15) is 20.3 Å². The van der Waals surface area contributed by atoms with Crippen LogP contribution in [-0.2, 0) is 16.1 Å². The standard InChI is InChI=1S/C16H19ClN2O3/c1-11(2)19(8-6-16(21)22)15(20)10-18-7-5-12-3-4-13(17)9-14(12)18/h3-5,7,9,11H,6,8,10H2,1-2H3,(H,21,22). The highest BCUT2D eigenvalue weighted by Crippen LogP contribution is 2.20. The Labute approximate surface area is 134 Å². The highest BCUT2D eigenvalue weighted by atomic mass is 35.5. The van der Waals surface area contributed by atoms with E-state index in [4.69, 9.17) is 16.7 Å². The molecular formula is C16H19ClN2O3. The normalized spacial score (nSPS) is 11.1. The van der Waals surface area contributed by atoms with E-state index in [1.807, 2.05) is 48.9 Å². The van der Waals surface area contributed by atoms with E-state index in [-0.39, 0.29) is 31.5 Å². The predicted molar refractivity (Wildman–Crippen MR) is 86.0 cm³/mol. The average Bonchev–Trinajstić information content (AvgIpc) is 2.80. The molecule has 0 bridgehead atoms. The molecule has 6 heteroatoms. The second-order valence-electron chi connectivity index (χ2n) is 5.47. The first-order chi connectivity index (χ1) is 10.4. The summed E-state index contributed by atoms with van der Waals surface area (Å²) >= 11 is 6.01. The van der Waals surface area contributed by atoms with Crippen LogP contribution in [0.15, 0.2) is 30.5 Å². The lowest BCUT2D eigenvalue weighted by Crippen LogP contribution is -2.40. The van der Waals surface area contributed by atoms with Crippen LogP contribution in [0.4, 0.5) is 0 Å². The molecule has 118 valence electrons. The lowest BCUT2D eigenvalue weighted by molar-refractivity contribution is -0.139. The second kappa shape index (κ2) is 6.83. The van der Waals surface area contributed by atoms with Gasteiger partial charge in [0.25, 0.3) is 0 Å². The van der Waals surface area contributed by atoms with Crippen LogP contribution in [0.5, 0.6) is 0 Å². The third-order valence-corrected chi connectivity index (χ3v) is 3.79.